The summed E-state index contributed by atoms with van der Waals surface area (Å²) in [4.78, 5) is 19.0. The number of para-hydroxylation sites is 1. The Kier molecular flexibility index (Phi) is 6.22. The fraction of sp³-hybridized carbons (Fsp3) is 0.263. The molecule has 2 aromatic rings. The zero-order chi connectivity index (χ0) is 18.4. The molecule has 1 amide bonds. The number of anilines is 1. The molecule has 1 aliphatic rings. The number of benzene rings is 2. The topological polar surface area (TPSA) is 44.7 Å². The third kappa shape index (κ3) is 5.05. The van der Waals surface area contributed by atoms with E-state index in [2.05, 4.69) is 15.2 Å². The van der Waals surface area contributed by atoms with Crippen molar-refractivity contribution in [3.63, 3.8) is 0 Å². The minimum Gasteiger partial charge on any atom is -0.351 e. The van der Waals surface area contributed by atoms with Gasteiger partial charge in [-0.15, -0.1) is 0 Å². The Labute approximate surface area is 155 Å². The number of aliphatic imine (C=N–C) groups is 1. The van der Waals surface area contributed by atoms with Crippen LogP contribution in [0.25, 0.3) is 0 Å². The number of nitrogens with zero attached hydrogens (tertiary/aromatic N) is 2. The molecular weight excluding hydrogens is 356 g/mol. The molecule has 1 N–H and O–H groups in total. The van der Waals surface area contributed by atoms with E-state index in [1.165, 1.54) is 17.8 Å². The van der Waals surface area contributed by atoms with Crippen LogP contribution < -0.4 is 5.32 Å². The Balaban J connectivity index is 1.65. The lowest BCUT2D eigenvalue weighted by molar-refractivity contribution is -0.113. The van der Waals surface area contributed by atoms with Crippen LogP contribution in [0, 0.1) is 11.6 Å². The molecule has 2 aromatic carbocycles. The summed E-state index contributed by atoms with van der Waals surface area (Å²) in [6, 6.07) is 12.6. The highest BCUT2D eigenvalue weighted by Gasteiger charge is 2.18. The van der Waals surface area contributed by atoms with Crippen molar-refractivity contribution >= 4 is 34.2 Å². The Morgan fingerprint density at radius 1 is 1.12 bits per heavy atom. The molecule has 0 saturated carbocycles. The molecule has 0 spiro atoms. The Hall–Kier alpha value is -2.41. The number of hydrogen-bond donors (Lipinski definition) is 1. The van der Waals surface area contributed by atoms with Gasteiger partial charge in [-0.25, -0.2) is 13.8 Å². The minimum atomic E-state index is -0.791. The van der Waals surface area contributed by atoms with Gasteiger partial charge in [0.05, 0.1) is 17.1 Å². The number of carbonyl (C=O) groups is 1. The van der Waals surface area contributed by atoms with Gasteiger partial charge in [0, 0.05) is 19.2 Å². The van der Waals surface area contributed by atoms with E-state index in [1.54, 1.807) is 0 Å². The predicted molar refractivity (Wildman–Crippen MR) is 102 cm³/mol. The van der Waals surface area contributed by atoms with Crippen molar-refractivity contribution in [2.24, 2.45) is 4.99 Å². The van der Waals surface area contributed by atoms with Crippen LogP contribution in [0.15, 0.2) is 53.5 Å². The first kappa shape index (κ1) is 18.4. The van der Waals surface area contributed by atoms with Gasteiger partial charge in [0.2, 0.25) is 5.91 Å². The smallest absolute Gasteiger partial charge is 0.234 e. The number of hydrogen-bond acceptors (Lipinski definition) is 3. The quantitative estimate of drug-likeness (QED) is 0.636. The van der Waals surface area contributed by atoms with Gasteiger partial charge in [0.25, 0.3) is 0 Å². The van der Waals surface area contributed by atoms with E-state index in [1.807, 2.05) is 30.3 Å². The molecule has 0 atom stereocenters. The first-order valence-corrected chi connectivity index (χ1v) is 9.37. The number of amidine groups is 1. The maximum Gasteiger partial charge on any atom is 0.234 e. The van der Waals surface area contributed by atoms with Crippen LogP contribution in [-0.4, -0.2) is 34.8 Å². The zero-order valence-corrected chi connectivity index (χ0v) is 14.9. The van der Waals surface area contributed by atoms with Crippen molar-refractivity contribution in [3.05, 3.63) is 60.2 Å². The molecule has 0 aromatic heterocycles. The summed E-state index contributed by atoms with van der Waals surface area (Å²) in [6.45, 7) is 1.82. The molecule has 1 saturated heterocycles. The first-order valence-electron chi connectivity index (χ1n) is 8.38. The first-order chi connectivity index (χ1) is 12.6. The molecule has 0 radical (unpaired) electrons. The van der Waals surface area contributed by atoms with Crippen LogP contribution in [0.4, 0.5) is 20.2 Å². The van der Waals surface area contributed by atoms with Crippen molar-refractivity contribution < 1.29 is 13.6 Å². The average molecular weight is 375 g/mol. The third-order valence-electron chi connectivity index (χ3n) is 3.90. The van der Waals surface area contributed by atoms with Crippen molar-refractivity contribution in [3.8, 4) is 0 Å². The highest BCUT2D eigenvalue weighted by atomic mass is 32.2. The van der Waals surface area contributed by atoms with Crippen molar-refractivity contribution in [1.82, 2.24) is 4.90 Å². The Morgan fingerprint density at radius 2 is 1.85 bits per heavy atom. The fourth-order valence-electron chi connectivity index (χ4n) is 2.62. The number of halogens is 2. The van der Waals surface area contributed by atoms with E-state index in [0.29, 0.717) is 0 Å². The standard InChI is InChI=1S/C19H19F2N3OS/c20-14-8-9-17(16(21)12-14)23-18(25)13-26-19(24-10-4-5-11-24)22-15-6-2-1-3-7-15/h1-3,6-9,12H,4-5,10-11,13H2,(H,23,25). The molecule has 1 aliphatic heterocycles. The molecule has 26 heavy (non-hydrogen) atoms. The summed E-state index contributed by atoms with van der Waals surface area (Å²) in [5.41, 5.74) is 0.798. The van der Waals surface area contributed by atoms with E-state index >= 15 is 0 Å². The van der Waals surface area contributed by atoms with E-state index in [9.17, 15) is 13.6 Å². The number of thioether (sulfide) groups is 1. The number of likely N-dealkylation sites (tertiary alicyclic amines) is 1. The van der Waals surface area contributed by atoms with Gasteiger partial charge in [-0.05, 0) is 37.1 Å². The molecule has 1 heterocycles. The van der Waals surface area contributed by atoms with E-state index < -0.39 is 11.6 Å². The molecule has 7 heteroatoms. The van der Waals surface area contributed by atoms with Gasteiger partial charge in [0.15, 0.2) is 5.17 Å². The highest BCUT2D eigenvalue weighted by Crippen LogP contribution is 2.22. The van der Waals surface area contributed by atoms with Crippen molar-refractivity contribution in [2.75, 3.05) is 24.2 Å². The lowest BCUT2D eigenvalue weighted by atomic mass is 10.3. The normalized spacial score (nSPS) is 14.5. The van der Waals surface area contributed by atoms with Crippen molar-refractivity contribution in [2.45, 2.75) is 12.8 Å². The number of nitrogens with one attached hydrogen (secondary N) is 1. The van der Waals surface area contributed by atoms with Crippen LogP contribution in [0.3, 0.4) is 0 Å². The van der Waals surface area contributed by atoms with Gasteiger partial charge in [-0.2, -0.15) is 0 Å². The summed E-state index contributed by atoms with van der Waals surface area (Å²) >= 11 is 1.32. The number of amides is 1. The largest absolute Gasteiger partial charge is 0.351 e. The van der Waals surface area contributed by atoms with Gasteiger partial charge in [-0.3, -0.25) is 4.79 Å². The second-order valence-electron chi connectivity index (χ2n) is 5.89. The van der Waals surface area contributed by atoms with Crippen LogP contribution in [0.5, 0.6) is 0 Å². The second-order valence-corrected chi connectivity index (χ2v) is 6.83. The van der Waals surface area contributed by atoms with Crippen LogP contribution in [0.1, 0.15) is 12.8 Å². The molecule has 136 valence electrons. The average Bonchev–Trinajstić information content (AvgIpc) is 3.16. The molecule has 4 nitrogen and oxygen atoms in total. The summed E-state index contributed by atoms with van der Waals surface area (Å²) < 4.78 is 26.6. The highest BCUT2D eigenvalue weighted by molar-refractivity contribution is 8.14. The monoisotopic (exact) mass is 375 g/mol. The maximum atomic E-state index is 13.6. The lowest BCUT2D eigenvalue weighted by Crippen LogP contribution is -2.27. The Bertz CT molecular complexity index is 793. The van der Waals surface area contributed by atoms with Gasteiger partial charge >= 0.3 is 0 Å². The molecule has 3 rings (SSSR count). The molecule has 0 unspecified atom stereocenters. The molecule has 1 fully saturated rings. The summed E-state index contributed by atoms with van der Waals surface area (Å²) in [5.74, 6) is -1.73. The van der Waals surface area contributed by atoms with Crippen LogP contribution in [-0.2, 0) is 4.79 Å². The van der Waals surface area contributed by atoms with E-state index in [0.717, 1.165) is 48.9 Å². The lowest BCUT2D eigenvalue weighted by Gasteiger charge is -2.19. The van der Waals surface area contributed by atoms with Gasteiger partial charge in [0.1, 0.15) is 11.6 Å². The molecule has 0 aliphatic carbocycles. The van der Waals surface area contributed by atoms with E-state index in [-0.39, 0.29) is 17.3 Å². The van der Waals surface area contributed by atoms with Gasteiger partial charge in [-0.1, -0.05) is 30.0 Å². The fourth-order valence-corrected chi connectivity index (χ4v) is 3.49. The second kappa shape index (κ2) is 8.80. The van der Waals surface area contributed by atoms with Crippen LogP contribution >= 0.6 is 11.8 Å². The SMILES string of the molecule is O=C(CSC(=Nc1ccccc1)N1CCCC1)Nc1ccc(F)cc1F. The summed E-state index contributed by atoms with van der Waals surface area (Å²) in [5, 5.41) is 3.25. The summed E-state index contributed by atoms with van der Waals surface area (Å²) in [7, 11) is 0. The summed E-state index contributed by atoms with van der Waals surface area (Å²) in [6.07, 6.45) is 2.20. The minimum absolute atomic E-state index is 0.0280. The van der Waals surface area contributed by atoms with E-state index in [4.69, 9.17) is 0 Å². The zero-order valence-electron chi connectivity index (χ0n) is 14.1. The van der Waals surface area contributed by atoms with Gasteiger partial charge < -0.3 is 10.2 Å². The number of rotatable bonds is 4. The maximum absolute atomic E-state index is 13.6. The van der Waals surface area contributed by atoms with Crippen LogP contribution in [0.2, 0.25) is 0 Å². The molecular formula is C19H19F2N3OS. The third-order valence-corrected chi connectivity index (χ3v) is 4.91. The molecule has 0 bridgehead atoms. The Morgan fingerprint density at radius 3 is 2.54 bits per heavy atom. The predicted octanol–water partition coefficient (Wildman–Crippen LogP) is 4.42. The number of carbonyl (C=O) groups excluding carboxylic acids is 1. The van der Waals surface area contributed by atoms with Crippen molar-refractivity contribution in [1.29, 1.82) is 0 Å².